The number of carbonyl (C=O) groups excluding carboxylic acids is 1. The van der Waals surface area contributed by atoms with Gasteiger partial charge in [-0.25, -0.2) is 9.07 Å². The summed E-state index contributed by atoms with van der Waals surface area (Å²) in [5, 5.41) is 17.1. The lowest BCUT2D eigenvalue weighted by atomic mass is 10.1. The lowest BCUT2D eigenvalue weighted by molar-refractivity contribution is -0.119. The first kappa shape index (κ1) is 18.2. The first-order valence-corrected chi connectivity index (χ1v) is 9.03. The molecule has 1 heterocycles. The molecule has 1 amide bonds. The smallest absolute Gasteiger partial charge is 0.230 e. The normalized spacial score (nSPS) is 11.9. The lowest BCUT2D eigenvalue weighted by Crippen LogP contribution is -2.29. The lowest BCUT2D eigenvalue weighted by Gasteiger charge is -2.13. The van der Waals surface area contributed by atoms with Gasteiger partial charge >= 0.3 is 0 Å². The summed E-state index contributed by atoms with van der Waals surface area (Å²) in [6.07, 6.45) is 2.74. The van der Waals surface area contributed by atoms with Crippen LogP contribution in [0.25, 0.3) is 5.69 Å². The van der Waals surface area contributed by atoms with Crippen LogP contribution in [-0.2, 0) is 4.79 Å². The number of nitrogens with zero attached hydrogens (tertiary/aromatic N) is 2. The molecule has 1 atom stereocenters. The van der Waals surface area contributed by atoms with Crippen LogP contribution in [0.3, 0.4) is 0 Å². The van der Waals surface area contributed by atoms with E-state index in [1.807, 2.05) is 24.4 Å². The average molecular weight is 371 g/mol. The van der Waals surface area contributed by atoms with Crippen molar-refractivity contribution in [3.63, 3.8) is 0 Å². The van der Waals surface area contributed by atoms with Gasteiger partial charge in [0.1, 0.15) is 5.82 Å². The van der Waals surface area contributed by atoms with Crippen molar-refractivity contribution in [3.8, 4) is 5.69 Å². The molecule has 0 saturated carbocycles. The molecule has 0 saturated heterocycles. The number of amides is 1. The Balaban J connectivity index is 1.46. The van der Waals surface area contributed by atoms with E-state index in [-0.39, 0.29) is 24.0 Å². The number of rotatable bonds is 7. The molecule has 0 fully saturated rings. The van der Waals surface area contributed by atoms with Crippen LogP contribution in [0, 0.1) is 5.82 Å². The molecule has 0 aliphatic carbocycles. The Hall–Kier alpha value is -2.64. The van der Waals surface area contributed by atoms with Crippen LogP contribution >= 0.6 is 11.8 Å². The number of hydrogen-bond donors (Lipinski definition) is 2. The topological polar surface area (TPSA) is 67.2 Å². The van der Waals surface area contributed by atoms with E-state index in [1.165, 1.54) is 23.9 Å². The van der Waals surface area contributed by atoms with Crippen LogP contribution in [-0.4, -0.2) is 33.1 Å². The molecule has 2 N–H and O–H groups in total. The van der Waals surface area contributed by atoms with Gasteiger partial charge in [-0.1, -0.05) is 12.1 Å². The molecule has 1 aromatic heterocycles. The highest BCUT2D eigenvalue weighted by atomic mass is 32.2. The number of aliphatic hydroxyl groups excluding tert-OH is 1. The number of thioether (sulfide) groups is 1. The first-order chi connectivity index (χ1) is 12.6. The van der Waals surface area contributed by atoms with Gasteiger partial charge in [0, 0.05) is 23.8 Å². The van der Waals surface area contributed by atoms with E-state index in [9.17, 15) is 14.3 Å². The highest BCUT2D eigenvalue weighted by molar-refractivity contribution is 8.00. The number of hydrogen-bond acceptors (Lipinski definition) is 4. The van der Waals surface area contributed by atoms with Crippen molar-refractivity contribution in [1.82, 2.24) is 15.1 Å². The zero-order valence-corrected chi connectivity index (χ0v) is 14.7. The van der Waals surface area contributed by atoms with Crippen LogP contribution in [0.4, 0.5) is 4.39 Å². The summed E-state index contributed by atoms with van der Waals surface area (Å²) in [4.78, 5) is 12.7. The van der Waals surface area contributed by atoms with Gasteiger partial charge in [-0.05, 0) is 48.0 Å². The van der Waals surface area contributed by atoms with Crippen molar-refractivity contribution in [2.24, 2.45) is 0 Å². The predicted octanol–water partition coefficient (Wildman–Crippen LogP) is 2.95. The molecular formula is C19H18FN3O2S. The fourth-order valence-electron chi connectivity index (χ4n) is 2.33. The van der Waals surface area contributed by atoms with Gasteiger partial charge in [-0.3, -0.25) is 4.79 Å². The van der Waals surface area contributed by atoms with Crippen molar-refractivity contribution in [2.45, 2.75) is 11.0 Å². The second-order valence-corrected chi connectivity index (χ2v) is 6.65. The minimum Gasteiger partial charge on any atom is -0.387 e. The third-order valence-electron chi connectivity index (χ3n) is 3.72. The molecule has 5 nitrogen and oxygen atoms in total. The van der Waals surface area contributed by atoms with Gasteiger partial charge in [0.25, 0.3) is 0 Å². The summed E-state index contributed by atoms with van der Waals surface area (Å²) >= 11 is 1.32. The molecule has 1 unspecified atom stereocenters. The summed E-state index contributed by atoms with van der Waals surface area (Å²) in [5.41, 5.74) is 1.61. The number of nitrogens with one attached hydrogen (secondary N) is 1. The Morgan fingerprint density at radius 1 is 1.19 bits per heavy atom. The standard InChI is InChI=1S/C19H18FN3O2S/c20-15-4-8-17(9-5-15)26-13-19(25)21-12-18(24)14-2-6-16(7-3-14)23-11-1-10-22-23/h1-11,18,24H,12-13H2,(H,21,25). The first-order valence-electron chi connectivity index (χ1n) is 8.05. The molecule has 3 rings (SSSR count). The van der Waals surface area contributed by atoms with Crippen molar-refractivity contribution >= 4 is 17.7 Å². The predicted molar refractivity (Wildman–Crippen MR) is 98.7 cm³/mol. The van der Waals surface area contributed by atoms with Gasteiger partial charge in [0.05, 0.1) is 17.5 Å². The summed E-state index contributed by atoms with van der Waals surface area (Å²) < 4.78 is 14.6. The van der Waals surface area contributed by atoms with Gasteiger partial charge in [-0.15, -0.1) is 11.8 Å². The zero-order valence-electron chi connectivity index (χ0n) is 13.9. The number of aliphatic hydroxyl groups is 1. The Morgan fingerprint density at radius 3 is 2.58 bits per heavy atom. The quantitative estimate of drug-likeness (QED) is 0.627. The third-order valence-corrected chi connectivity index (χ3v) is 4.73. The van der Waals surface area contributed by atoms with E-state index < -0.39 is 6.10 Å². The number of carbonyl (C=O) groups is 1. The second kappa shape index (κ2) is 8.64. The average Bonchev–Trinajstić information content (AvgIpc) is 3.20. The van der Waals surface area contributed by atoms with E-state index in [4.69, 9.17) is 0 Å². The highest BCUT2D eigenvalue weighted by Gasteiger charge is 2.10. The van der Waals surface area contributed by atoms with Crippen LogP contribution in [0.2, 0.25) is 0 Å². The molecule has 0 bridgehead atoms. The van der Waals surface area contributed by atoms with Crippen molar-refractivity contribution < 1.29 is 14.3 Å². The Morgan fingerprint density at radius 2 is 1.92 bits per heavy atom. The molecule has 0 radical (unpaired) electrons. The second-order valence-electron chi connectivity index (χ2n) is 5.60. The molecule has 3 aromatic rings. The maximum atomic E-state index is 12.8. The van der Waals surface area contributed by atoms with Crippen LogP contribution < -0.4 is 5.32 Å². The Bertz CT molecular complexity index is 836. The molecule has 0 aliphatic heterocycles. The molecule has 0 aliphatic rings. The number of benzene rings is 2. The summed E-state index contributed by atoms with van der Waals surface area (Å²) in [5.74, 6) is -0.289. The van der Waals surface area contributed by atoms with Gasteiger partial charge in [0.15, 0.2) is 0 Å². The van der Waals surface area contributed by atoms with E-state index >= 15 is 0 Å². The number of halogens is 1. The molecule has 7 heteroatoms. The minimum atomic E-state index is -0.790. The van der Waals surface area contributed by atoms with Crippen molar-refractivity contribution in [2.75, 3.05) is 12.3 Å². The Labute approximate surface area is 154 Å². The fourth-order valence-corrected chi connectivity index (χ4v) is 3.06. The summed E-state index contributed by atoms with van der Waals surface area (Å²) in [7, 11) is 0. The van der Waals surface area contributed by atoms with Gasteiger partial charge < -0.3 is 10.4 Å². The monoisotopic (exact) mass is 371 g/mol. The van der Waals surface area contributed by atoms with Crippen molar-refractivity contribution in [3.05, 3.63) is 78.4 Å². The maximum Gasteiger partial charge on any atom is 0.230 e. The van der Waals surface area contributed by atoms with Gasteiger partial charge in [0.2, 0.25) is 5.91 Å². The van der Waals surface area contributed by atoms with E-state index in [1.54, 1.807) is 35.1 Å². The van der Waals surface area contributed by atoms with E-state index in [2.05, 4.69) is 10.4 Å². The maximum absolute atomic E-state index is 12.8. The highest BCUT2D eigenvalue weighted by Crippen LogP contribution is 2.18. The SMILES string of the molecule is O=C(CSc1ccc(F)cc1)NCC(O)c1ccc(-n2cccn2)cc1. The van der Waals surface area contributed by atoms with Crippen LogP contribution in [0.5, 0.6) is 0 Å². The molecule has 134 valence electrons. The molecular weight excluding hydrogens is 353 g/mol. The fraction of sp³-hybridized carbons (Fsp3) is 0.158. The summed E-state index contributed by atoms with van der Waals surface area (Å²) in [6, 6.07) is 15.1. The number of aromatic nitrogens is 2. The van der Waals surface area contributed by atoms with Gasteiger partial charge in [-0.2, -0.15) is 5.10 Å². The van der Waals surface area contributed by atoms with Crippen molar-refractivity contribution in [1.29, 1.82) is 0 Å². The molecule has 26 heavy (non-hydrogen) atoms. The summed E-state index contributed by atoms with van der Waals surface area (Å²) in [6.45, 7) is 0.129. The largest absolute Gasteiger partial charge is 0.387 e. The third kappa shape index (κ3) is 4.93. The zero-order chi connectivity index (χ0) is 18.4. The van der Waals surface area contributed by atoms with Crippen LogP contribution in [0.1, 0.15) is 11.7 Å². The molecule has 2 aromatic carbocycles. The minimum absolute atomic E-state index is 0.129. The van der Waals surface area contributed by atoms with E-state index in [0.29, 0.717) is 5.56 Å². The van der Waals surface area contributed by atoms with Crippen LogP contribution in [0.15, 0.2) is 71.9 Å². The van der Waals surface area contributed by atoms with E-state index in [0.717, 1.165) is 10.6 Å². The molecule has 0 spiro atoms. The Kier molecular flexibility index (Phi) is 6.04.